The van der Waals surface area contributed by atoms with Crippen molar-refractivity contribution < 1.29 is 29.1 Å². The highest BCUT2D eigenvalue weighted by Crippen LogP contribution is 2.07. The van der Waals surface area contributed by atoms with Crippen molar-refractivity contribution in [2.24, 2.45) is 0 Å². The largest absolute Gasteiger partial charge is 0.460 e. The fourth-order valence-electron chi connectivity index (χ4n) is 0.895. The molecular weight excluding hydrogens is 228 g/mol. The normalized spacial score (nSPS) is 11.5. The summed E-state index contributed by atoms with van der Waals surface area (Å²) in [6, 6.07) is 0. The first-order valence-corrected chi connectivity index (χ1v) is 5.60. The van der Waals surface area contributed by atoms with E-state index in [-0.39, 0.29) is 38.8 Å². The van der Waals surface area contributed by atoms with E-state index in [1.54, 1.807) is 20.8 Å². The van der Waals surface area contributed by atoms with E-state index in [1.165, 1.54) is 0 Å². The molecule has 0 atom stereocenters. The van der Waals surface area contributed by atoms with E-state index in [0.717, 1.165) is 0 Å². The number of rotatable bonds is 9. The first-order valence-electron chi connectivity index (χ1n) is 5.60. The minimum Gasteiger partial charge on any atom is -0.460 e. The van der Waals surface area contributed by atoms with Gasteiger partial charge in [0.2, 0.25) is 0 Å². The van der Waals surface area contributed by atoms with E-state index >= 15 is 0 Å². The third-order valence-electron chi connectivity index (χ3n) is 1.44. The summed E-state index contributed by atoms with van der Waals surface area (Å²) in [6.07, 6.45) is 0.148. The molecule has 1 N–H and O–H groups in total. The van der Waals surface area contributed by atoms with Crippen LogP contribution < -0.4 is 0 Å². The molecule has 0 amide bonds. The van der Waals surface area contributed by atoms with Crippen LogP contribution in [0.2, 0.25) is 0 Å². The van der Waals surface area contributed by atoms with Crippen molar-refractivity contribution >= 4 is 5.97 Å². The van der Waals surface area contributed by atoms with E-state index in [2.05, 4.69) is 0 Å². The number of ether oxygens (including phenoxy) is 2. The highest BCUT2D eigenvalue weighted by atomic mass is 17.2. The number of carbonyl (C=O) groups excluding carboxylic acids is 1. The van der Waals surface area contributed by atoms with Crippen molar-refractivity contribution in [3.8, 4) is 0 Å². The first-order chi connectivity index (χ1) is 7.95. The number of hydrogen-bond donors (Lipinski definition) is 1. The van der Waals surface area contributed by atoms with Gasteiger partial charge in [0.25, 0.3) is 0 Å². The van der Waals surface area contributed by atoms with Crippen molar-refractivity contribution in [3.63, 3.8) is 0 Å². The van der Waals surface area contributed by atoms with Gasteiger partial charge in [-0.15, -0.1) is 0 Å². The van der Waals surface area contributed by atoms with Crippen LogP contribution in [0.15, 0.2) is 0 Å². The minimum absolute atomic E-state index is 0.0144. The molecule has 0 spiro atoms. The van der Waals surface area contributed by atoms with Gasteiger partial charge in [-0.3, -0.25) is 4.79 Å². The van der Waals surface area contributed by atoms with E-state index in [9.17, 15) is 4.79 Å². The molecule has 0 unspecified atom stereocenters. The molecule has 0 aromatic rings. The third-order valence-corrected chi connectivity index (χ3v) is 1.44. The van der Waals surface area contributed by atoms with Crippen LogP contribution in [0, 0.1) is 0 Å². The summed E-state index contributed by atoms with van der Waals surface area (Å²) in [5.41, 5.74) is -0.476. The minimum atomic E-state index is -0.476. The Labute approximate surface area is 102 Å². The Morgan fingerprint density at radius 2 is 1.71 bits per heavy atom. The lowest BCUT2D eigenvalue weighted by atomic mass is 10.2. The Bertz CT molecular complexity index is 199. The average molecular weight is 250 g/mol. The Balaban J connectivity index is 3.25. The van der Waals surface area contributed by atoms with E-state index in [4.69, 9.17) is 24.4 Å². The van der Waals surface area contributed by atoms with Gasteiger partial charge in [0, 0.05) is 0 Å². The lowest BCUT2D eigenvalue weighted by molar-refractivity contribution is -0.299. The SMILES string of the molecule is CC(C)(C)OC(=O)CCOOCCOCCO. The van der Waals surface area contributed by atoms with Gasteiger partial charge in [-0.25, -0.2) is 9.78 Å². The highest BCUT2D eigenvalue weighted by Gasteiger charge is 2.15. The molecule has 17 heavy (non-hydrogen) atoms. The molecule has 6 nitrogen and oxygen atoms in total. The molecule has 0 aromatic carbocycles. The van der Waals surface area contributed by atoms with Gasteiger partial charge in [0.1, 0.15) is 12.2 Å². The Morgan fingerprint density at radius 1 is 1.06 bits per heavy atom. The van der Waals surface area contributed by atoms with Gasteiger partial charge in [0.05, 0.1) is 32.8 Å². The third kappa shape index (κ3) is 13.2. The van der Waals surface area contributed by atoms with Crippen LogP contribution in [-0.2, 0) is 24.0 Å². The number of aliphatic hydroxyl groups is 1. The van der Waals surface area contributed by atoms with Gasteiger partial charge < -0.3 is 14.6 Å². The number of hydrogen-bond acceptors (Lipinski definition) is 6. The summed E-state index contributed by atoms with van der Waals surface area (Å²) in [7, 11) is 0. The standard InChI is InChI=1S/C11H22O6/c1-11(2,3)17-10(13)4-6-15-16-9-8-14-7-5-12/h12H,4-9H2,1-3H3. The molecule has 6 heteroatoms. The van der Waals surface area contributed by atoms with E-state index < -0.39 is 5.60 Å². The van der Waals surface area contributed by atoms with Crippen LogP contribution in [0.25, 0.3) is 0 Å². The zero-order valence-electron chi connectivity index (χ0n) is 10.7. The van der Waals surface area contributed by atoms with E-state index in [0.29, 0.717) is 6.61 Å². The van der Waals surface area contributed by atoms with Gasteiger partial charge in [-0.2, -0.15) is 0 Å². The summed E-state index contributed by atoms with van der Waals surface area (Å²) in [4.78, 5) is 20.7. The number of carbonyl (C=O) groups is 1. The molecule has 102 valence electrons. The zero-order valence-corrected chi connectivity index (χ0v) is 10.7. The van der Waals surface area contributed by atoms with Crippen LogP contribution in [0.4, 0.5) is 0 Å². The molecule has 0 bridgehead atoms. The van der Waals surface area contributed by atoms with Crippen LogP contribution >= 0.6 is 0 Å². The molecule has 0 saturated heterocycles. The highest BCUT2D eigenvalue weighted by molar-refractivity contribution is 5.69. The molecule has 0 fully saturated rings. The lowest BCUT2D eigenvalue weighted by Gasteiger charge is -2.19. The van der Waals surface area contributed by atoms with Gasteiger partial charge in [0.15, 0.2) is 0 Å². The van der Waals surface area contributed by atoms with Crippen LogP contribution in [0.3, 0.4) is 0 Å². The average Bonchev–Trinajstić information content (AvgIpc) is 2.19. The topological polar surface area (TPSA) is 74.2 Å². The molecule has 0 radical (unpaired) electrons. The van der Waals surface area contributed by atoms with Crippen molar-refractivity contribution in [2.75, 3.05) is 33.0 Å². The fourth-order valence-corrected chi connectivity index (χ4v) is 0.895. The summed E-state index contributed by atoms with van der Waals surface area (Å²) >= 11 is 0. The first kappa shape index (κ1) is 16.3. The summed E-state index contributed by atoms with van der Waals surface area (Å²) in [6.45, 7) is 6.43. The second-order valence-corrected chi connectivity index (χ2v) is 4.32. The summed E-state index contributed by atoms with van der Waals surface area (Å²) in [5.74, 6) is -0.322. The molecule has 0 aliphatic carbocycles. The van der Waals surface area contributed by atoms with Gasteiger partial charge in [-0.05, 0) is 20.8 Å². The maximum Gasteiger partial charge on any atom is 0.308 e. The predicted molar refractivity (Wildman–Crippen MR) is 60.3 cm³/mol. The van der Waals surface area contributed by atoms with Gasteiger partial charge >= 0.3 is 5.97 Å². The lowest BCUT2D eigenvalue weighted by Crippen LogP contribution is -2.24. The Morgan fingerprint density at radius 3 is 2.29 bits per heavy atom. The van der Waals surface area contributed by atoms with Crippen molar-refractivity contribution in [3.05, 3.63) is 0 Å². The molecular formula is C11H22O6. The smallest absolute Gasteiger partial charge is 0.308 e. The Hall–Kier alpha value is -0.690. The van der Waals surface area contributed by atoms with Gasteiger partial charge in [-0.1, -0.05) is 0 Å². The Kier molecular flexibility index (Phi) is 8.97. The fraction of sp³-hybridized carbons (Fsp3) is 0.909. The quantitative estimate of drug-likeness (QED) is 0.281. The van der Waals surface area contributed by atoms with Crippen LogP contribution in [0.1, 0.15) is 27.2 Å². The molecule has 0 heterocycles. The number of esters is 1. The van der Waals surface area contributed by atoms with E-state index in [1.807, 2.05) is 0 Å². The molecule has 0 rings (SSSR count). The maximum atomic E-state index is 11.2. The second-order valence-electron chi connectivity index (χ2n) is 4.32. The van der Waals surface area contributed by atoms with Crippen molar-refractivity contribution in [1.29, 1.82) is 0 Å². The van der Waals surface area contributed by atoms with Crippen molar-refractivity contribution in [1.82, 2.24) is 0 Å². The summed E-state index contributed by atoms with van der Waals surface area (Å²) < 4.78 is 10.0. The monoisotopic (exact) mass is 250 g/mol. The predicted octanol–water partition coefficient (Wildman–Crippen LogP) is 0.675. The molecule has 0 saturated carbocycles. The molecule has 0 aliphatic heterocycles. The molecule has 0 aromatic heterocycles. The summed E-state index contributed by atoms with van der Waals surface area (Å²) in [5, 5.41) is 8.41. The van der Waals surface area contributed by atoms with Crippen molar-refractivity contribution in [2.45, 2.75) is 32.8 Å². The van der Waals surface area contributed by atoms with Crippen LogP contribution in [0.5, 0.6) is 0 Å². The van der Waals surface area contributed by atoms with Crippen LogP contribution in [-0.4, -0.2) is 49.7 Å². The number of aliphatic hydroxyl groups excluding tert-OH is 1. The maximum absolute atomic E-state index is 11.2. The zero-order chi connectivity index (χ0) is 13.1. The second kappa shape index (κ2) is 9.35. The molecule has 0 aliphatic rings.